The van der Waals surface area contributed by atoms with Crippen molar-refractivity contribution in [1.29, 1.82) is 5.26 Å². The van der Waals surface area contributed by atoms with Crippen LogP contribution in [-0.2, 0) is 0 Å². The van der Waals surface area contributed by atoms with Crippen LogP contribution in [0.5, 0.6) is 0 Å². The van der Waals surface area contributed by atoms with Gasteiger partial charge in [-0.25, -0.2) is 4.98 Å². The van der Waals surface area contributed by atoms with E-state index in [-0.39, 0.29) is 11.3 Å². The molecule has 0 bridgehead atoms. The van der Waals surface area contributed by atoms with Crippen molar-refractivity contribution in [2.75, 3.05) is 11.9 Å². The van der Waals surface area contributed by atoms with E-state index in [1.165, 1.54) is 44.4 Å². The number of nitrogens with zero attached hydrogens (tertiary/aromatic N) is 3. The van der Waals surface area contributed by atoms with Crippen LogP contribution in [0.25, 0.3) is 0 Å². The number of aromatic nitrogens is 1. The minimum absolute atomic E-state index is 0.153. The molecule has 1 aromatic heterocycles. The van der Waals surface area contributed by atoms with E-state index in [2.05, 4.69) is 10.3 Å². The Morgan fingerprint density at radius 2 is 2.20 bits per heavy atom. The zero-order valence-corrected chi connectivity index (χ0v) is 11.3. The van der Waals surface area contributed by atoms with E-state index in [0.717, 1.165) is 18.9 Å². The summed E-state index contributed by atoms with van der Waals surface area (Å²) in [7, 11) is 0. The quantitative estimate of drug-likeness (QED) is 0.657. The lowest BCUT2D eigenvalue weighted by atomic mass is 9.87. The summed E-state index contributed by atoms with van der Waals surface area (Å²) in [6.45, 7) is 0.754. The van der Waals surface area contributed by atoms with Gasteiger partial charge in [0.25, 0.3) is 5.69 Å². The van der Waals surface area contributed by atoms with Crippen LogP contribution in [0.1, 0.15) is 44.1 Å². The molecule has 1 aliphatic carbocycles. The molecule has 1 fully saturated rings. The van der Waals surface area contributed by atoms with Crippen molar-refractivity contribution in [3.63, 3.8) is 0 Å². The number of hydrogen-bond acceptors (Lipinski definition) is 5. The maximum absolute atomic E-state index is 10.6. The third-order valence-corrected chi connectivity index (χ3v) is 3.77. The standard InChI is InChI=1S/C14H18N4O2/c15-9-12-8-13(18(19)20)10-17-14(12)16-7-6-11-4-2-1-3-5-11/h8,10-11H,1-7H2,(H,16,17). The molecule has 0 spiro atoms. The Hall–Kier alpha value is -2.16. The van der Waals surface area contributed by atoms with Crippen LogP contribution in [-0.4, -0.2) is 16.5 Å². The van der Waals surface area contributed by atoms with E-state index in [4.69, 9.17) is 5.26 Å². The largest absolute Gasteiger partial charge is 0.369 e. The molecule has 0 radical (unpaired) electrons. The van der Waals surface area contributed by atoms with Gasteiger partial charge in [-0.05, 0) is 12.3 Å². The van der Waals surface area contributed by atoms with Crippen molar-refractivity contribution >= 4 is 11.5 Å². The fourth-order valence-corrected chi connectivity index (χ4v) is 2.65. The zero-order chi connectivity index (χ0) is 14.4. The number of nitro groups is 1. The van der Waals surface area contributed by atoms with Crippen molar-refractivity contribution in [3.05, 3.63) is 27.9 Å². The first-order valence-corrected chi connectivity index (χ1v) is 6.99. The van der Waals surface area contributed by atoms with Crippen molar-refractivity contribution < 1.29 is 4.92 Å². The minimum atomic E-state index is -0.542. The summed E-state index contributed by atoms with van der Waals surface area (Å²) in [6.07, 6.45) is 8.76. The van der Waals surface area contributed by atoms with Gasteiger partial charge >= 0.3 is 0 Å². The molecule has 2 rings (SSSR count). The molecule has 1 N–H and O–H groups in total. The predicted octanol–water partition coefficient (Wildman–Crippen LogP) is 3.24. The number of pyridine rings is 1. The molecule has 1 aliphatic rings. The molecule has 0 amide bonds. The summed E-state index contributed by atoms with van der Waals surface area (Å²) in [5.41, 5.74) is 0.0715. The van der Waals surface area contributed by atoms with Crippen LogP contribution >= 0.6 is 0 Å². The molecule has 1 aromatic rings. The van der Waals surface area contributed by atoms with Gasteiger partial charge in [-0.2, -0.15) is 5.26 Å². The van der Waals surface area contributed by atoms with Gasteiger partial charge in [-0.3, -0.25) is 10.1 Å². The maximum Gasteiger partial charge on any atom is 0.289 e. The van der Waals surface area contributed by atoms with E-state index in [1.807, 2.05) is 6.07 Å². The topological polar surface area (TPSA) is 91.8 Å². The fraction of sp³-hybridized carbons (Fsp3) is 0.571. The smallest absolute Gasteiger partial charge is 0.289 e. The third-order valence-electron chi connectivity index (χ3n) is 3.77. The number of nitrogens with one attached hydrogen (secondary N) is 1. The first kappa shape index (κ1) is 14.3. The van der Waals surface area contributed by atoms with Crippen LogP contribution in [0.2, 0.25) is 0 Å². The Morgan fingerprint density at radius 3 is 2.85 bits per heavy atom. The summed E-state index contributed by atoms with van der Waals surface area (Å²) >= 11 is 0. The minimum Gasteiger partial charge on any atom is -0.369 e. The highest BCUT2D eigenvalue weighted by Crippen LogP contribution is 2.26. The first-order valence-electron chi connectivity index (χ1n) is 6.99. The highest BCUT2D eigenvalue weighted by molar-refractivity contribution is 5.55. The molecule has 106 valence electrons. The van der Waals surface area contributed by atoms with E-state index < -0.39 is 4.92 Å². The van der Waals surface area contributed by atoms with E-state index in [0.29, 0.717) is 5.82 Å². The van der Waals surface area contributed by atoms with Crippen molar-refractivity contribution in [1.82, 2.24) is 4.98 Å². The molecule has 0 atom stereocenters. The summed E-state index contributed by atoms with van der Waals surface area (Å²) in [4.78, 5) is 14.1. The number of rotatable bonds is 5. The summed E-state index contributed by atoms with van der Waals surface area (Å²) in [5, 5.41) is 22.8. The highest BCUT2D eigenvalue weighted by Gasteiger charge is 2.14. The molecule has 0 unspecified atom stereocenters. The first-order chi connectivity index (χ1) is 9.70. The monoisotopic (exact) mass is 274 g/mol. The average Bonchev–Trinajstić information content (AvgIpc) is 2.48. The molecular formula is C14H18N4O2. The molecule has 1 heterocycles. The Kier molecular flexibility index (Phi) is 4.88. The lowest BCUT2D eigenvalue weighted by molar-refractivity contribution is -0.385. The summed E-state index contributed by atoms with van der Waals surface area (Å²) in [6, 6.07) is 3.21. The van der Waals surface area contributed by atoms with Crippen LogP contribution in [0.4, 0.5) is 11.5 Å². The van der Waals surface area contributed by atoms with Crippen molar-refractivity contribution in [2.24, 2.45) is 5.92 Å². The Bertz CT molecular complexity index is 518. The number of anilines is 1. The van der Waals surface area contributed by atoms with Gasteiger partial charge in [-0.1, -0.05) is 32.1 Å². The van der Waals surface area contributed by atoms with Crippen molar-refractivity contribution in [2.45, 2.75) is 38.5 Å². The predicted molar refractivity (Wildman–Crippen MR) is 75.3 cm³/mol. The summed E-state index contributed by atoms with van der Waals surface area (Å²) < 4.78 is 0. The van der Waals surface area contributed by atoms with Gasteiger partial charge < -0.3 is 5.32 Å². The zero-order valence-electron chi connectivity index (χ0n) is 11.3. The Balaban J connectivity index is 1.92. The second-order valence-corrected chi connectivity index (χ2v) is 5.18. The van der Waals surface area contributed by atoms with Gasteiger partial charge in [0.1, 0.15) is 23.6 Å². The van der Waals surface area contributed by atoms with Gasteiger partial charge in [0, 0.05) is 12.6 Å². The number of hydrogen-bond donors (Lipinski definition) is 1. The SMILES string of the molecule is N#Cc1cc([N+](=O)[O-])cnc1NCCC1CCCCC1. The van der Waals surface area contributed by atoms with E-state index in [1.54, 1.807) is 0 Å². The van der Waals surface area contributed by atoms with Crippen LogP contribution in [0.3, 0.4) is 0 Å². The Labute approximate surface area is 118 Å². The number of nitriles is 1. The normalized spacial score (nSPS) is 15.6. The Morgan fingerprint density at radius 1 is 1.45 bits per heavy atom. The van der Waals surface area contributed by atoms with Crippen LogP contribution < -0.4 is 5.32 Å². The molecule has 0 aliphatic heterocycles. The second-order valence-electron chi connectivity index (χ2n) is 5.18. The van der Waals surface area contributed by atoms with Gasteiger partial charge in [-0.15, -0.1) is 0 Å². The molecular weight excluding hydrogens is 256 g/mol. The van der Waals surface area contributed by atoms with Crippen LogP contribution in [0, 0.1) is 27.4 Å². The van der Waals surface area contributed by atoms with Crippen molar-refractivity contribution in [3.8, 4) is 6.07 Å². The maximum atomic E-state index is 10.6. The summed E-state index contributed by atoms with van der Waals surface area (Å²) in [5.74, 6) is 1.19. The third kappa shape index (κ3) is 3.67. The van der Waals surface area contributed by atoms with E-state index in [9.17, 15) is 10.1 Å². The second kappa shape index (κ2) is 6.85. The lowest BCUT2D eigenvalue weighted by Gasteiger charge is -2.21. The average molecular weight is 274 g/mol. The van der Waals surface area contributed by atoms with Gasteiger partial charge in [0.15, 0.2) is 0 Å². The van der Waals surface area contributed by atoms with Crippen LogP contribution in [0.15, 0.2) is 12.3 Å². The molecule has 0 aromatic carbocycles. The fourth-order valence-electron chi connectivity index (χ4n) is 2.65. The highest BCUT2D eigenvalue weighted by atomic mass is 16.6. The molecule has 1 saturated carbocycles. The molecule has 6 heteroatoms. The van der Waals surface area contributed by atoms with Gasteiger partial charge in [0.2, 0.25) is 0 Å². The lowest BCUT2D eigenvalue weighted by Crippen LogP contribution is -2.13. The van der Waals surface area contributed by atoms with Gasteiger partial charge in [0.05, 0.1) is 4.92 Å². The molecule has 6 nitrogen and oxygen atoms in total. The van der Waals surface area contributed by atoms with E-state index >= 15 is 0 Å². The molecule has 20 heavy (non-hydrogen) atoms. The molecule has 0 saturated heterocycles.